The van der Waals surface area contributed by atoms with Gasteiger partial charge in [0.1, 0.15) is 0 Å². The third-order valence-corrected chi connectivity index (χ3v) is 3.26. The van der Waals surface area contributed by atoms with E-state index in [0.29, 0.717) is 0 Å². The van der Waals surface area contributed by atoms with Crippen molar-refractivity contribution >= 4 is 13.5 Å². The molecule has 0 radical (unpaired) electrons. The zero-order chi connectivity index (χ0) is 12.4. The quantitative estimate of drug-likeness (QED) is 0.446. The molecule has 16 heavy (non-hydrogen) atoms. The molecule has 0 aromatic heterocycles. The largest absolute Gasteiger partial charge is 0.481 e. The Kier molecular flexibility index (Phi) is 9.40. The Morgan fingerprint density at radius 2 is 1.88 bits per heavy atom. The van der Waals surface area contributed by atoms with E-state index >= 15 is 0 Å². The number of carboxylic acids is 1. The van der Waals surface area contributed by atoms with Gasteiger partial charge in [-0.2, -0.15) is 0 Å². The van der Waals surface area contributed by atoms with Gasteiger partial charge in [0, 0.05) is 0 Å². The van der Waals surface area contributed by atoms with Crippen LogP contribution in [0.25, 0.3) is 0 Å². The van der Waals surface area contributed by atoms with E-state index in [1.54, 1.807) is 6.92 Å². The van der Waals surface area contributed by atoms with Crippen LogP contribution in [0.5, 0.6) is 0 Å². The third-order valence-electron chi connectivity index (χ3n) is 3.26. The Morgan fingerprint density at radius 1 is 1.25 bits per heavy atom. The van der Waals surface area contributed by atoms with E-state index in [2.05, 4.69) is 6.92 Å². The Hall–Kier alpha value is -0.505. The molecule has 0 spiro atoms. The summed E-state index contributed by atoms with van der Waals surface area (Å²) in [5.74, 6) is -0.670. The lowest BCUT2D eigenvalue weighted by Crippen LogP contribution is -2.20. The maximum atomic E-state index is 11.0. The predicted octanol–water partition coefficient (Wildman–Crippen LogP) is 2.45. The van der Waals surface area contributed by atoms with Crippen molar-refractivity contribution in [3.63, 3.8) is 0 Å². The van der Waals surface area contributed by atoms with Gasteiger partial charge in [0.05, 0.1) is 5.92 Å². The van der Waals surface area contributed by atoms with Crippen LogP contribution in [0.15, 0.2) is 0 Å². The molecule has 0 amide bonds. The monoisotopic (exact) mass is 228 g/mol. The van der Waals surface area contributed by atoms with Gasteiger partial charge in [-0.1, -0.05) is 52.3 Å². The van der Waals surface area contributed by atoms with Gasteiger partial charge in [0.15, 0.2) is 0 Å². The lowest BCUT2D eigenvalue weighted by molar-refractivity contribution is -0.143. The summed E-state index contributed by atoms with van der Waals surface area (Å²) in [6, 6.07) is 0. The summed E-state index contributed by atoms with van der Waals surface area (Å²) in [7, 11) is 0.211. The zero-order valence-corrected chi connectivity index (χ0v) is 10.6. The molecule has 0 heterocycles. The van der Waals surface area contributed by atoms with E-state index in [4.69, 9.17) is 10.1 Å². The summed E-state index contributed by atoms with van der Waals surface area (Å²) >= 11 is 0. The van der Waals surface area contributed by atoms with Crippen LogP contribution in [0.2, 0.25) is 6.32 Å². The molecule has 0 aliphatic carbocycles. The smallest absolute Gasteiger partial charge is 0.306 e. The number of hydrogen-bond donors (Lipinski definition) is 2. The lowest BCUT2D eigenvalue weighted by Gasteiger charge is -2.20. The van der Waals surface area contributed by atoms with E-state index in [0.717, 1.165) is 32.0 Å². The maximum absolute atomic E-state index is 11.0. The van der Waals surface area contributed by atoms with Gasteiger partial charge in [-0.15, -0.1) is 0 Å². The highest BCUT2D eigenvalue weighted by Crippen LogP contribution is 2.25. The summed E-state index contributed by atoms with van der Waals surface area (Å²) in [6.45, 7) is 3.96. The van der Waals surface area contributed by atoms with Crippen LogP contribution in [0, 0.1) is 11.8 Å². The molecule has 0 saturated heterocycles. The van der Waals surface area contributed by atoms with Crippen LogP contribution in [0.4, 0.5) is 0 Å². The fourth-order valence-electron chi connectivity index (χ4n) is 2.02. The first-order valence-electron chi connectivity index (χ1n) is 6.47. The molecule has 0 saturated carbocycles. The highest BCUT2D eigenvalue weighted by molar-refractivity contribution is 6.25. The van der Waals surface area contributed by atoms with Crippen LogP contribution in [-0.4, -0.2) is 23.6 Å². The van der Waals surface area contributed by atoms with E-state index in [1.165, 1.54) is 12.8 Å². The number of rotatable bonds is 10. The molecule has 2 N–H and O–H groups in total. The van der Waals surface area contributed by atoms with Crippen molar-refractivity contribution in [1.82, 2.24) is 0 Å². The fourth-order valence-corrected chi connectivity index (χ4v) is 2.02. The molecule has 0 aromatic rings. The van der Waals surface area contributed by atoms with Crippen molar-refractivity contribution < 1.29 is 14.9 Å². The van der Waals surface area contributed by atoms with Gasteiger partial charge >= 0.3 is 5.97 Å². The van der Waals surface area contributed by atoms with Crippen molar-refractivity contribution in [3.8, 4) is 0 Å². The molecule has 0 fully saturated rings. The van der Waals surface area contributed by atoms with Crippen LogP contribution >= 0.6 is 0 Å². The molecule has 0 rings (SSSR count). The first-order chi connectivity index (χ1) is 7.63. The number of unbranched alkanes of at least 4 members (excludes halogenated alkanes) is 2. The molecule has 0 aliphatic heterocycles. The highest BCUT2D eigenvalue weighted by atomic mass is 16.4. The molecular formula is C12H25BO3. The minimum Gasteiger partial charge on any atom is -0.481 e. The van der Waals surface area contributed by atoms with Crippen LogP contribution < -0.4 is 0 Å². The summed E-state index contributed by atoms with van der Waals surface area (Å²) in [4.78, 5) is 11.0. The second-order valence-corrected chi connectivity index (χ2v) is 4.60. The van der Waals surface area contributed by atoms with Crippen LogP contribution in [-0.2, 0) is 4.79 Å². The van der Waals surface area contributed by atoms with Gasteiger partial charge in [-0.3, -0.25) is 4.79 Å². The number of aliphatic carboxylic acids is 1. The van der Waals surface area contributed by atoms with Gasteiger partial charge in [0.25, 0.3) is 7.48 Å². The van der Waals surface area contributed by atoms with Crippen molar-refractivity contribution in [3.05, 3.63) is 0 Å². The van der Waals surface area contributed by atoms with Crippen LogP contribution in [0.1, 0.15) is 52.4 Å². The van der Waals surface area contributed by atoms with Crippen molar-refractivity contribution in [2.24, 2.45) is 11.8 Å². The second-order valence-electron chi connectivity index (χ2n) is 4.60. The van der Waals surface area contributed by atoms with E-state index < -0.39 is 5.97 Å². The standard InChI is InChI=1S/C12H25BO3/c1-3-4-5-7-11(8-6-9-13-16)10(2)12(14)15/h10-11,13,16H,3-9H2,1-2H3,(H,14,15). The fraction of sp³-hybridized carbons (Fsp3) is 0.917. The van der Waals surface area contributed by atoms with E-state index in [-0.39, 0.29) is 19.3 Å². The number of carboxylic acid groups (broad SMARTS) is 1. The van der Waals surface area contributed by atoms with Gasteiger partial charge in [-0.05, 0) is 12.3 Å². The Balaban J connectivity index is 3.99. The van der Waals surface area contributed by atoms with Crippen LogP contribution in [0.3, 0.4) is 0 Å². The Morgan fingerprint density at radius 3 is 2.38 bits per heavy atom. The predicted molar refractivity (Wildman–Crippen MR) is 67.8 cm³/mol. The summed E-state index contributed by atoms with van der Waals surface area (Å²) in [6.07, 6.45) is 7.14. The Labute approximate surface area is 99.5 Å². The average molecular weight is 228 g/mol. The zero-order valence-electron chi connectivity index (χ0n) is 10.6. The molecular weight excluding hydrogens is 203 g/mol. The maximum Gasteiger partial charge on any atom is 0.306 e. The van der Waals surface area contributed by atoms with Crippen molar-refractivity contribution in [2.75, 3.05) is 0 Å². The van der Waals surface area contributed by atoms with Gasteiger partial charge < -0.3 is 10.1 Å². The first-order valence-corrected chi connectivity index (χ1v) is 6.47. The first kappa shape index (κ1) is 15.5. The van der Waals surface area contributed by atoms with E-state index in [1.807, 2.05) is 0 Å². The highest BCUT2D eigenvalue weighted by Gasteiger charge is 2.22. The molecule has 0 aromatic carbocycles. The summed E-state index contributed by atoms with van der Waals surface area (Å²) in [5, 5.41) is 17.7. The Bertz CT molecular complexity index is 175. The summed E-state index contributed by atoms with van der Waals surface area (Å²) in [5.41, 5.74) is 0. The molecule has 0 bridgehead atoms. The molecule has 94 valence electrons. The third kappa shape index (κ3) is 6.88. The minimum atomic E-state index is -0.689. The van der Waals surface area contributed by atoms with Crippen molar-refractivity contribution in [1.29, 1.82) is 0 Å². The minimum absolute atomic E-state index is 0.211. The molecule has 4 heteroatoms. The van der Waals surface area contributed by atoms with Gasteiger partial charge in [0.2, 0.25) is 0 Å². The topological polar surface area (TPSA) is 57.5 Å². The van der Waals surface area contributed by atoms with Gasteiger partial charge in [-0.25, -0.2) is 0 Å². The average Bonchev–Trinajstić information content (AvgIpc) is 2.26. The summed E-state index contributed by atoms with van der Waals surface area (Å²) < 4.78 is 0. The number of hydrogen-bond acceptors (Lipinski definition) is 2. The molecule has 3 nitrogen and oxygen atoms in total. The number of carbonyl (C=O) groups is 1. The SMILES string of the molecule is CCCCCC(CCCBO)C(C)C(=O)O. The molecule has 2 atom stereocenters. The molecule has 0 aliphatic rings. The second kappa shape index (κ2) is 9.70. The lowest BCUT2D eigenvalue weighted by atomic mass is 9.82. The van der Waals surface area contributed by atoms with Crippen molar-refractivity contribution in [2.45, 2.75) is 58.7 Å². The molecule has 2 unspecified atom stereocenters. The normalized spacial score (nSPS) is 14.4. The van der Waals surface area contributed by atoms with E-state index in [9.17, 15) is 4.79 Å².